The van der Waals surface area contributed by atoms with Gasteiger partial charge in [0.2, 0.25) is 0 Å². The zero-order chi connectivity index (χ0) is 19.1. The lowest BCUT2D eigenvalue weighted by atomic mass is 10.2. The molecule has 0 aliphatic carbocycles. The van der Waals surface area contributed by atoms with Crippen molar-refractivity contribution in [3.8, 4) is 17.6 Å². The van der Waals surface area contributed by atoms with Gasteiger partial charge < -0.3 is 20.1 Å². The number of ether oxygens (including phenoxy) is 2. The molecule has 3 aromatic rings. The number of rotatable bonds is 7. The largest absolute Gasteiger partial charge is 0.493 e. The maximum absolute atomic E-state index is 9.19. The van der Waals surface area contributed by atoms with Crippen LogP contribution in [0.2, 0.25) is 0 Å². The highest BCUT2D eigenvalue weighted by atomic mass is 16.5. The SMILES string of the molecule is COc1ccc(CNc2cc(Nc3ccccc3C#N)ncn2)cc1OC. The van der Waals surface area contributed by atoms with Crippen LogP contribution in [0.1, 0.15) is 11.1 Å². The van der Waals surface area contributed by atoms with Gasteiger partial charge in [0.1, 0.15) is 24.0 Å². The Morgan fingerprint density at radius 3 is 2.52 bits per heavy atom. The fourth-order valence-electron chi connectivity index (χ4n) is 2.53. The number of anilines is 3. The van der Waals surface area contributed by atoms with Crippen LogP contribution in [0, 0.1) is 11.3 Å². The lowest BCUT2D eigenvalue weighted by Crippen LogP contribution is -2.04. The molecule has 0 radical (unpaired) electrons. The van der Waals surface area contributed by atoms with Crippen molar-refractivity contribution < 1.29 is 9.47 Å². The first kappa shape index (κ1) is 18.0. The monoisotopic (exact) mass is 361 g/mol. The number of methoxy groups -OCH3 is 2. The summed E-state index contributed by atoms with van der Waals surface area (Å²) in [7, 11) is 3.21. The fraction of sp³-hybridized carbons (Fsp3) is 0.150. The number of nitrogens with one attached hydrogen (secondary N) is 2. The maximum atomic E-state index is 9.19. The predicted molar refractivity (Wildman–Crippen MR) is 103 cm³/mol. The molecule has 2 aromatic carbocycles. The molecule has 1 aromatic heterocycles. The van der Waals surface area contributed by atoms with Crippen molar-refractivity contribution in [3.63, 3.8) is 0 Å². The van der Waals surface area contributed by atoms with Gasteiger partial charge in [-0.15, -0.1) is 0 Å². The Kier molecular flexibility index (Phi) is 5.70. The quantitative estimate of drug-likeness (QED) is 0.662. The smallest absolute Gasteiger partial charge is 0.161 e. The molecule has 2 N–H and O–H groups in total. The Morgan fingerprint density at radius 1 is 0.963 bits per heavy atom. The zero-order valence-corrected chi connectivity index (χ0v) is 15.1. The molecule has 0 atom stereocenters. The average molecular weight is 361 g/mol. The van der Waals surface area contributed by atoms with Gasteiger partial charge in [-0.1, -0.05) is 18.2 Å². The number of benzene rings is 2. The third-order valence-corrected chi connectivity index (χ3v) is 3.90. The Labute approximate surface area is 157 Å². The van der Waals surface area contributed by atoms with E-state index < -0.39 is 0 Å². The molecule has 1 heterocycles. The summed E-state index contributed by atoms with van der Waals surface area (Å²) >= 11 is 0. The summed E-state index contributed by atoms with van der Waals surface area (Å²) in [6, 6.07) is 16.9. The van der Waals surface area contributed by atoms with E-state index in [-0.39, 0.29) is 0 Å². The van der Waals surface area contributed by atoms with Crippen LogP contribution in [0.15, 0.2) is 54.9 Å². The van der Waals surface area contributed by atoms with Crippen molar-refractivity contribution >= 4 is 17.3 Å². The van der Waals surface area contributed by atoms with Crippen molar-refractivity contribution in [2.24, 2.45) is 0 Å². The third kappa shape index (κ3) is 4.44. The molecule has 0 saturated heterocycles. The molecule has 0 saturated carbocycles. The molecule has 0 spiro atoms. The summed E-state index contributed by atoms with van der Waals surface area (Å²) in [6.45, 7) is 0.561. The van der Waals surface area contributed by atoms with Crippen LogP contribution < -0.4 is 20.1 Å². The summed E-state index contributed by atoms with van der Waals surface area (Å²) in [5, 5.41) is 15.6. The first-order valence-corrected chi connectivity index (χ1v) is 8.26. The van der Waals surface area contributed by atoms with E-state index in [4.69, 9.17) is 9.47 Å². The standard InChI is InChI=1S/C20H19N5O2/c1-26-17-8-7-14(9-18(17)27-2)12-22-19-10-20(24-13-23-19)25-16-6-4-3-5-15(16)11-21/h3-10,13H,12H2,1-2H3,(H2,22,23,24,25). The summed E-state index contributed by atoms with van der Waals surface area (Å²) in [6.07, 6.45) is 1.47. The minimum Gasteiger partial charge on any atom is -0.493 e. The van der Waals surface area contributed by atoms with Crippen LogP contribution in [0.25, 0.3) is 0 Å². The maximum Gasteiger partial charge on any atom is 0.161 e. The Bertz CT molecular complexity index is 969. The van der Waals surface area contributed by atoms with E-state index in [1.807, 2.05) is 36.4 Å². The van der Waals surface area contributed by atoms with Gasteiger partial charge in [0.25, 0.3) is 0 Å². The molecule has 136 valence electrons. The topological polar surface area (TPSA) is 92.1 Å². The van der Waals surface area contributed by atoms with Crippen molar-refractivity contribution in [1.82, 2.24) is 9.97 Å². The Balaban J connectivity index is 1.70. The Hall–Kier alpha value is -3.79. The normalized spacial score (nSPS) is 9.96. The number of hydrogen-bond acceptors (Lipinski definition) is 7. The first-order valence-electron chi connectivity index (χ1n) is 8.26. The van der Waals surface area contributed by atoms with Gasteiger partial charge >= 0.3 is 0 Å². The molecular weight excluding hydrogens is 342 g/mol. The minimum absolute atomic E-state index is 0.552. The second kappa shape index (κ2) is 8.54. The van der Waals surface area contributed by atoms with E-state index in [9.17, 15) is 5.26 Å². The van der Waals surface area contributed by atoms with Crippen molar-refractivity contribution in [3.05, 3.63) is 66.0 Å². The van der Waals surface area contributed by atoms with E-state index in [0.717, 1.165) is 5.56 Å². The van der Waals surface area contributed by atoms with Crippen LogP contribution in [0.3, 0.4) is 0 Å². The third-order valence-electron chi connectivity index (χ3n) is 3.90. The second-order valence-corrected chi connectivity index (χ2v) is 5.61. The molecular formula is C20H19N5O2. The molecule has 27 heavy (non-hydrogen) atoms. The van der Waals surface area contributed by atoms with E-state index in [1.165, 1.54) is 6.33 Å². The molecule has 0 bridgehead atoms. The molecule has 0 aliphatic heterocycles. The molecule has 0 aliphatic rings. The lowest BCUT2D eigenvalue weighted by molar-refractivity contribution is 0.354. The summed E-state index contributed by atoms with van der Waals surface area (Å²) in [4.78, 5) is 8.44. The second-order valence-electron chi connectivity index (χ2n) is 5.61. The van der Waals surface area contributed by atoms with Crippen LogP contribution >= 0.6 is 0 Å². The van der Waals surface area contributed by atoms with Crippen LogP contribution in [-0.4, -0.2) is 24.2 Å². The van der Waals surface area contributed by atoms with Gasteiger partial charge in [-0.3, -0.25) is 0 Å². The Morgan fingerprint density at radius 2 is 1.74 bits per heavy atom. The highest BCUT2D eigenvalue weighted by Gasteiger charge is 2.06. The van der Waals surface area contributed by atoms with Crippen LogP contribution in [0.4, 0.5) is 17.3 Å². The van der Waals surface area contributed by atoms with Gasteiger partial charge in [-0.25, -0.2) is 9.97 Å². The number of hydrogen-bond donors (Lipinski definition) is 2. The number of nitrogens with zero attached hydrogens (tertiary/aromatic N) is 3. The van der Waals surface area contributed by atoms with Gasteiger partial charge in [-0.2, -0.15) is 5.26 Å². The van der Waals surface area contributed by atoms with E-state index in [2.05, 4.69) is 26.7 Å². The highest BCUT2D eigenvalue weighted by molar-refractivity contribution is 5.65. The van der Waals surface area contributed by atoms with Gasteiger partial charge in [0.05, 0.1) is 25.5 Å². The highest BCUT2D eigenvalue weighted by Crippen LogP contribution is 2.28. The number of para-hydroxylation sites is 1. The van der Waals surface area contributed by atoms with Crippen molar-refractivity contribution in [2.75, 3.05) is 24.9 Å². The molecule has 0 unspecified atom stereocenters. The van der Waals surface area contributed by atoms with Crippen molar-refractivity contribution in [2.45, 2.75) is 6.54 Å². The van der Waals surface area contributed by atoms with Gasteiger partial charge in [-0.05, 0) is 29.8 Å². The molecule has 7 nitrogen and oxygen atoms in total. The van der Waals surface area contributed by atoms with Gasteiger partial charge in [0.15, 0.2) is 11.5 Å². The molecule has 0 fully saturated rings. The summed E-state index contributed by atoms with van der Waals surface area (Å²) in [5.74, 6) is 2.63. The van der Waals surface area contributed by atoms with E-state index >= 15 is 0 Å². The summed E-state index contributed by atoms with van der Waals surface area (Å²) < 4.78 is 10.6. The molecule has 3 rings (SSSR count). The fourth-order valence-corrected chi connectivity index (χ4v) is 2.53. The zero-order valence-electron chi connectivity index (χ0n) is 15.1. The first-order chi connectivity index (χ1) is 13.2. The van der Waals surface area contributed by atoms with Crippen molar-refractivity contribution in [1.29, 1.82) is 5.26 Å². The van der Waals surface area contributed by atoms with Gasteiger partial charge in [0, 0.05) is 12.6 Å². The lowest BCUT2D eigenvalue weighted by Gasteiger charge is -2.11. The van der Waals surface area contributed by atoms with Crippen LogP contribution in [0.5, 0.6) is 11.5 Å². The minimum atomic E-state index is 0.552. The average Bonchev–Trinajstić information content (AvgIpc) is 2.72. The number of nitriles is 1. The molecule has 0 amide bonds. The number of aromatic nitrogens is 2. The van der Waals surface area contributed by atoms with Crippen LogP contribution in [-0.2, 0) is 6.54 Å². The van der Waals surface area contributed by atoms with E-state index in [1.54, 1.807) is 26.4 Å². The molecule has 7 heteroatoms. The van der Waals surface area contributed by atoms with E-state index in [0.29, 0.717) is 40.9 Å². The summed E-state index contributed by atoms with van der Waals surface area (Å²) in [5.41, 5.74) is 2.27. The predicted octanol–water partition coefficient (Wildman–Crippen LogP) is 3.72.